The molecule has 8 nitrogen and oxygen atoms in total. The van der Waals surface area contributed by atoms with E-state index in [0.717, 1.165) is 60.4 Å². The molecule has 1 aliphatic heterocycles. The SMILES string of the molecule is CCc1cccn2c(-c3nc(N[C@@H](C)c4ccc(C(O)C5CCN(C)CC5)cc4)ncc3C#N)cnc12. The first kappa shape index (κ1) is 24.9. The van der Waals surface area contributed by atoms with Crippen LogP contribution in [0.15, 0.2) is 55.0 Å². The van der Waals surface area contributed by atoms with Gasteiger partial charge in [-0.25, -0.2) is 15.0 Å². The van der Waals surface area contributed by atoms with Gasteiger partial charge >= 0.3 is 0 Å². The molecule has 5 rings (SSSR count). The normalized spacial score (nSPS) is 16.4. The molecule has 8 heteroatoms. The van der Waals surface area contributed by atoms with Gasteiger partial charge in [-0.05, 0) is 75.0 Å². The van der Waals surface area contributed by atoms with E-state index in [0.29, 0.717) is 23.1 Å². The Morgan fingerprint density at radius 2 is 1.84 bits per heavy atom. The Morgan fingerprint density at radius 1 is 1.11 bits per heavy atom. The number of pyridine rings is 1. The molecule has 0 spiro atoms. The molecule has 37 heavy (non-hydrogen) atoms. The van der Waals surface area contributed by atoms with Crippen molar-refractivity contribution >= 4 is 11.6 Å². The molecule has 3 aromatic heterocycles. The van der Waals surface area contributed by atoms with Gasteiger partial charge in [0.2, 0.25) is 5.95 Å². The maximum atomic E-state index is 10.9. The number of piperidine rings is 1. The largest absolute Gasteiger partial charge is 0.388 e. The number of nitrogens with zero attached hydrogens (tertiary/aromatic N) is 6. The van der Waals surface area contributed by atoms with Crippen LogP contribution in [0, 0.1) is 17.2 Å². The predicted octanol–water partition coefficient (Wildman–Crippen LogP) is 4.77. The van der Waals surface area contributed by atoms with Gasteiger partial charge in [0.25, 0.3) is 0 Å². The first-order chi connectivity index (χ1) is 18.0. The number of likely N-dealkylation sites (tertiary alicyclic amines) is 1. The van der Waals surface area contributed by atoms with Crippen molar-refractivity contribution < 1.29 is 5.11 Å². The van der Waals surface area contributed by atoms with Gasteiger partial charge in [-0.1, -0.05) is 37.3 Å². The Hall–Kier alpha value is -3.80. The van der Waals surface area contributed by atoms with Crippen LogP contribution in [-0.2, 0) is 6.42 Å². The number of aliphatic hydroxyl groups excluding tert-OH is 1. The number of aliphatic hydroxyl groups is 1. The summed E-state index contributed by atoms with van der Waals surface area (Å²) >= 11 is 0. The fourth-order valence-electron chi connectivity index (χ4n) is 5.12. The summed E-state index contributed by atoms with van der Waals surface area (Å²) in [6.07, 6.45) is 7.73. The highest BCUT2D eigenvalue weighted by Gasteiger charge is 2.25. The minimum absolute atomic E-state index is 0.0656. The van der Waals surface area contributed by atoms with E-state index in [-0.39, 0.29) is 6.04 Å². The molecule has 4 heterocycles. The molecule has 0 aliphatic carbocycles. The molecule has 1 fully saturated rings. The van der Waals surface area contributed by atoms with Crippen molar-refractivity contribution in [2.45, 2.75) is 45.3 Å². The van der Waals surface area contributed by atoms with Crippen molar-refractivity contribution in [3.8, 4) is 17.5 Å². The van der Waals surface area contributed by atoms with Crippen LogP contribution in [0.4, 0.5) is 5.95 Å². The molecule has 0 amide bonds. The second kappa shape index (κ2) is 10.7. The van der Waals surface area contributed by atoms with Gasteiger partial charge < -0.3 is 15.3 Å². The third-order valence-corrected chi connectivity index (χ3v) is 7.48. The molecule has 1 unspecified atom stereocenters. The first-order valence-corrected chi connectivity index (χ1v) is 12.9. The summed E-state index contributed by atoms with van der Waals surface area (Å²) in [6.45, 7) is 6.20. The van der Waals surface area contributed by atoms with Crippen molar-refractivity contribution in [1.82, 2.24) is 24.3 Å². The van der Waals surface area contributed by atoms with E-state index >= 15 is 0 Å². The summed E-state index contributed by atoms with van der Waals surface area (Å²) in [7, 11) is 2.13. The van der Waals surface area contributed by atoms with Gasteiger partial charge in [-0.2, -0.15) is 5.26 Å². The standard InChI is InChI=1S/C29H33N7O/c1-4-20-6-5-13-36-25(18-31-28(20)36)26-24(16-30)17-32-29(34-26)33-19(2)21-7-9-22(10-8-21)27(37)23-11-14-35(3)15-12-23/h5-10,13,17-19,23,27,37H,4,11-12,14-15H2,1-3H3,(H,32,33,34)/t19-,27?/m0/s1. The second-order valence-electron chi connectivity index (χ2n) is 9.91. The number of aryl methyl sites for hydroxylation is 1. The number of hydrogen-bond donors (Lipinski definition) is 2. The first-order valence-electron chi connectivity index (χ1n) is 12.9. The van der Waals surface area contributed by atoms with Crippen LogP contribution in [0.25, 0.3) is 17.0 Å². The van der Waals surface area contributed by atoms with Crippen molar-refractivity contribution in [2.24, 2.45) is 5.92 Å². The molecular formula is C29H33N7O. The minimum Gasteiger partial charge on any atom is -0.388 e. The van der Waals surface area contributed by atoms with Crippen LogP contribution >= 0.6 is 0 Å². The van der Waals surface area contributed by atoms with E-state index in [1.807, 2.05) is 47.9 Å². The number of aromatic nitrogens is 4. The zero-order chi connectivity index (χ0) is 25.9. The lowest BCUT2D eigenvalue weighted by Crippen LogP contribution is -2.32. The molecule has 0 saturated carbocycles. The summed E-state index contributed by atoms with van der Waals surface area (Å²) in [6, 6.07) is 14.3. The fourth-order valence-corrected chi connectivity index (χ4v) is 5.12. The lowest BCUT2D eigenvalue weighted by atomic mass is 9.87. The zero-order valence-corrected chi connectivity index (χ0v) is 21.6. The number of nitriles is 1. The number of rotatable bonds is 7. The third-order valence-electron chi connectivity index (χ3n) is 7.48. The van der Waals surface area contributed by atoms with Gasteiger partial charge in [0.15, 0.2) is 0 Å². The summed E-state index contributed by atoms with van der Waals surface area (Å²) in [4.78, 5) is 16.0. The lowest BCUT2D eigenvalue weighted by Gasteiger charge is -2.32. The predicted molar refractivity (Wildman–Crippen MR) is 144 cm³/mol. The van der Waals surface area contributed by atoms with E-state index in [9.17, 15) is 10.4 Å². The van der Waals surface area contributed by atoms with Gasteiger partial charge in [-0.15, -0.1) is 0 Å². The number of anilines is 1. The van der Waals surface area contributed by atoms with E-state index in [1.54, 1.807) is 12.4 Å². The minimum atomic E-state index is -0.436. The highest BCUT2D eigenvalue weighted by molar-refractivity contribution is 5.68. The monoisotopic (exact) mass is 495 g/mol. The summed E-state index contributed by atoms with van der Waals surface area (Å²) in [5, 5.41) is 24.0. The maximum absolute atomic E-state index is 10.9. The van der Waals surface area contributed by atoms with Gasteiger partial charge in [0.1, 0.15) is 17.4 Å². The van der Waals surface area contributed by atoms with Crippen LogP contribution in [0.1, 0.15) is 61.1 Å². The Morgan fingerprint density at radius 3 is 2.54 bits per heavy atom. The molecule has 0 radical (unpaired) electrons. The molecule has 4 aromatic rings. The quantitative estimate of drug-likeness (QED) is 0.381. The Kier molecular flexibility index (Phi) is 7.17. The van der Waals surface area contributed by atoms with E-state index < -0.39 is 6.10 Å². The van der Waals surface area contributed by atoms with Crippen molar-refractivity contribution in [3.05, 3.63) is 77.2 Å². The Bertz CT molecular complexity index is 1410. The second-order valence-corrected chi connectivity index (χ2v) is 9.91. The summed E-state index contributed by atoms with van der Waals surface area (Å²) < 4.78 is 1.98. The van der Waals surface area contributed by atoms with Crippen LogP contribution < -0.4 is 5.32 Å². The molecular weight excluding hydrogens is 462 g/mol. The maximum Gasteiger partial charge on any atom is 0.223 e. The Balaban J connectivity index is 1.35. The van der Waals surface area contributed by atoms with Crippen LogP contribution in [0.3, 0.4) is 0 Å². The van der Waals surface area contributed by atoms with Crippen LogP contribution in [0.2, 0.25) is 0 Å². The third kappa shape index (κ3) is 5.06. The highest BCUT2D eigenvalue weighted by atomic mass is 16.3. The van der Waals surface area contributed by atoms with Crippen LogP contribution in [0.5, 0.6) is 0 Å². The lowest BCUT2D eigenvalue weighted by molar-refractivity contribution is 0.0657. The molecule has 1 aromatic carbocycles. The number of hydrogen-bond acceptors (Lipinski definition) is 7. The smallest absolute Gasteiger partial charge is 0.223 e. The topological polar surface area (TPSA) is 102 Å². The Labute approximate surface area is 217 Å². The summed E-state index contributed by atoms with van der Waals surface area (Å²) in [5.74, 6) is 0.745. The van der Waals surface area contributed by atoms with Gasteiger partial charge in [-0.3, -0.25) is 4.40 Å². The van der Waals surface area contributed by atoms with E-state index in [4.69, 9.17) is 4.98 Å². The van der Waals surface area contributed by atoms with Gasteiger partial charge in [0, 0.05) is 6.20 Å². The molecule has 1 saturated heterocycles. The molecule has 1 aliphatic rings. The van der Waals surface area contributed by atoms with E-state index in [2.05, 4.69) is 46.3 Å². The average molecular weight is 496 g/mol. The molecule has 2 N–H and O–H groups in total. The number of nitrogens with one attached hydrogen (secondary N) is 1. The molecule has 2 atom stereocenters. The number of imidazole rings is 1. The number of fused-ring (bicyclic) bond motifs is 1. The van der Waals surface area contributed by atoms with Crippen LogP contribution in [-0.4, -0.2) is 49.5 Å². The number of benzene rings is 1. The van der Waals surface area contributed by atoms with Crippen molar-refractivity contribution in [3.63, 3.8) is 0 Å². The molecule has 190 valence electrons. The van der Waals surface area contributed by atoms with Gasteiger partial charge in [0.05, 0.1) is 35.8 Å². The summed E-state index contributed by atoms with van der Waals surface area (Å²) in [5.41, 5.74) is 5.73. The fraction of sp³-hybridized carbons (Fsp3) is 0.379. The zero-order valence-electron chi connectivity index (χ0n) is 21.6. The van der Waals surface area contributed by atoms with E-state index in [1.165, 1.54) is 0 Å². The highest BCUT2D eigenvalue weighted by Crippen LogP contribution is 2.31. The molecule has 0 bridgehead atoms. The average Bonchev–Trinajstić information content (AvgIpc) is 3.37. The van der Waals surface area contributed by atoms with Crippen molar-refractivity contribution in [1.29, 1.82) is 5.26 Å². The van der Waals surface area contributed by atoms with Crippen molar-refractivity contribution in [2.75, 3.05) is 25.5 Å².